The maximum absolute atomic E-state index is 13.1. The van der Waals surface area contributed by atoms with Crippen LogP contribution in [0.3, 0.4) is 0 Å². The lowest BCUT2D eigenvalue weighted by Crippen LogP contribution is -2.60. The number of aromatic nitrogens is 1. The second kappa shape index (κ2) is 6.95. The maximum atomic E-state index is 13.1. The molecule has 1 amide bonds. The SMILES string of the molecule is COc1ccccc1N1CCN(C(=O)c2ccn(C(C)(C)C)c2)CC1(C)C. The Hall–Kier alpha value is -2.43. The molecule has 0 N–H and O–H groups in total. The van der Waals surface area contributed by atoms with E-state index in [0.717, 1.165) is 23.5 Å². The third-order valence-corrected chi connectivity index (χ3v) is 5.28. The van der Waals surface area contributed by atoms with Gasteiger partial charge in [-0.15, -0.1) is 0 Å². The van der Waals surface area contributed by atoms with Gasteiger partial charge in [-0.05, 0) is 52.8 Å². The molecular weight excluding hydrogens is 338 g/mol. The first-order chi connectivity index (χ1) is 12.6. The molecule has 1 fully saturated rings. The van der Waals surface area contributed by atoms with Crippen LogP contribution in [0, 0.1) is 0 Å². The molecule has 27 heavy (non-hydrogen) atoms. The molecule has 1 aliphatic heterocycles. The summed E-state index contributed by atoms with van der Waals surface area (Å²) in [4.78, 5) is 17.4. The molecule has 146 valence electrons. The minimum atomic E-state index is -0.185. The molecule has 0 atom stereocenters. The van der Waals surface area contributed by atoms with Crippen molar-refractivity contribution >= 4 is 11.6 Å². The lowest BCUT2D eigenvalue weighted by molar-refractivity contribution is 0.0685. The van der Waals surface area contributed by atoms with Gasteiger partial charge in [-0.2, -0.15) is 0 Å². The topological polar surface area (TPSA) is 37.7 Å². The Bertz CT molecular complexity index is 817. The van der Waals surface area contributed by atoms with E-state index in [1.807, 2.05) is 41.6 Å². The van der Waals surface area contributed by atoms with Gasteiger partial charge < -0.3 is 19.1 Å². The average Bonchev–Trinajstić information content (AvgIpc) is 3.10. The molecule has 1 aliphatic rings. The van der Waals surface area contributed by atoms with Crippen molar-refractivity contribution in [1.29, 1.82) is 0 Å². The van der Waals surface area contributed by atoms with Gasteiger partial charge in [0, 0.05) is 37.6 Å². The van der Waals surface area contributed by atoms with Crippen molar-refractivity contribution in [3.8, 4) is 5.75 Å². The van der Waals surface area contributed by atoms with Gasteiger partial charge in [-0.3, -0.25) is 4.79 Å². The number of para-hydroxylation sites is 2. The Kier molecular flexibility index (Phi) is 4.98. The first kappa shape index (κ1) is 19.3. The number of carbonyl (C=O) groups excluding carboxylic acids is 1. The van der Waals surface area contributed by atoms with Crippen LogP contribution in [0.5, 0.6) is 5.75 Å². The highest BCUT2D eigenvalue weighted by molar-refractivity contribution is 5.94. The first-order valence-corrected chi connectivity index (χ1v) is 9.52. The van der Waals surface area contributed by atoms with Gasteiger partial charge in [-0.1, -0.05) is 12.1 Å². The summed E-state index contributed by atoms with van der Waals surface area (Å²) in [6.45, 7) is 12.9. The monoisotopic (exact) mass is 369 g/mol. The third kappa shape index (κ3) is 3.82. The fourth-order valence-electron chi connectivity index (χ4n) is 3.75. The van der Waals surface area contributed by atoms with E-state index in [4.69, 9.17) is 4.74 Å². The first-order valence-electron chi connectivity index (χ1n) is 9.52. The number of ether oxygens (including phenoxy) is 1. The normalized spacial score (nSPS) is 17.1. The number of rotatable bonds is 3. The van der Waals surface area contributed by atoms with Crippen molar-refractivity contribution in [2.45, 2.75) is 45.7 Å². The largest absolute Gasteiger partial charge is 0.495 e. The minimum Gasteiger partial charge on any atom is -0.495 e. The summed E-state index contributed by atoms with van der Waals surface area (Å²) in [6, 6.07) is 10.0. The van der Waals surface area contributed by atoms with Gasteiger partial charge in [-0.25, -0.2) is 0 Å². The molecule has 1 aromatic carbocycles. The Balaban J connectivity index is 1.79. The van der Waals surface area contributed by atoms with E-state index in [9.17, 15) is 4.79 Å². The molecule has 0 aliphatic carbocycles. The van der Waals surface area contributed by atoms with Crippen LogP contribution in [0.15, 0.2) is 42.7 Å². The van der Waals surface area contributed by atoms with E-state index < -0.39 is 0 Å². The molecule has 3 rings (SSSR count). The number of carbonyl (C=O) groups is 1. The smallest absolute Gasteiger partial charge is 0.255 e. The fourth-order valence-corrected chi connectivity index (χ4v) is 3.75. The molecule has 2 heterocycles. The summed E-state index contributed by atoms with van der Waals surface area (Å²) in [6.07, 6.45) is 3.95. The van der Waals surface area contributed by atoms with E-state index in [2.05, 4.69) is 50.2 Å². The molecular formula is C22H31N3O2. The van der Waals surface area contributed by atoms with Crippen LogP contribution in [0.2, 0.25) is 0 Å². The van der Waals surface area contributed by atoms with Gasteiger partial charge in [0.15, 0.2) is 0 Å². The Morgan fingerprint density at radius 1 is 1.11 bits per heavy atom. The highest BCUT2D eigenvalue weighted by Crippen LogP contribution is 2.35. The summed E-state index contributed by atoms with van der Waals surface area (Å²) in [7, 11) is 1.70. The molecule has 5 nitrogen and oxygen atoms in total. The molecule has 1 aromatic heterocycles. The van der Waals surface area contributed by atoms with Crippen LogP contribution in [0.4, 0.5) is 5.69 Å². The molecule has 2 aromatic rings. The van der Waals surface area contributed by atoms with E-state index in [0.29, 0.717) is 13.1 Å². The zero-order valence-corrected chi connectivity index (χ0v) is 17.3. The van der Waals surface area contributed by atoms with E-state index >= 15 is 0 Å². The molecule has 0 radical (unpaired) electrons. The predicted octanol–water partition coefficient (Wildman–Crippen LogP) is 3.99. The van der Waals surface area contributed by atoms with Crippen LogP contribution >= 0.6 is 0 Å². The zero-order chi connectivity index (χ0) is 19.8. The number of hydrogen-bond acceptors (Lipinski definition) is 3. The summed E-state index contributed by atoms with van der Waals surface area (Å²) >= 11 is 0. The van der Waals surface area contributed by atoms with Crippen molar-refractivity contribution in [3.05, 3.63) is 48.3 Å². The quantitative estimate of drug-likeness (QED) is 0.821. The molecule has 0 spiro atoms. The average molecular weight is 370 g/mol. The molecule has 5 heteroatoms. The van der Waals surface area contributed by atoms with Gasteiger partial charge in [0.1, 0.15) is 5.75 Å². The molecule has 1 saturated heterocycles. The number of benzene rings is 1. The summed E-state index contributed by atoms with van der Waals surface area (Å²) in [5.74, 6) is 0.971. The van der Waals surface area contributed by atoms with Crippen LogP contribution in [0.1, 0.15) is 45.0 Å². The number of anilines is 1. The zero-order valence-electron chi connectivity index (χ0n) is 17.3. The molecule has 0 bridgehead atoms. The number of piperazine rings is 1. The van der Waals surface area contributed by atoms with Crippen molar-refractivity contribution in [2.24, 2.45) is 0 Å². The van der Waals surface area contributed by atoms with E-state index in [1.165, 1.54) is 0 Å². The predicted molar refractivity (Wildman–Crippen MR) is 110 cm³/mol. The van der Waals surface area contributed by atoms with Gasteiger partial charge in [0.05, 0.1) is 23.9 Å². The van der Waals surface area contributed by atoms with Gasteiger partial charge in [0.2, 0.25) is 0 Å². The second-order valence-electron chi connectivity index (χ2n) is 8.84. The van der Waals surface area contributed by atoms with Crippen LogP contribution < -0.4 is 9.64 Å². The standard InChI is InChI=1S/C22H31N3O2/c1-21(2,3)24-12-11-17(15-24)20(26)23-13-14-25(22(4,5)16-23)18-9-7-8-10-19(18)27-6/h7-12,15H,13-14,16H2,1-6H3. The van der Waals surface area contributed by atoms with Crippen LogP contribution in [-0.2, 0) is 5.54 Å². The third-order valence-electron chi connectivity index (χ3n) is 5.28. The number of nitrogens with zero attached hydrogens (tertiary/aromatic N) is 3. The Morgan fingerprint density at radius 3 is 2.41 bits per heavy atom. The van der Waals surface area contributed by atoms with Crippen LogP contribution in [0.25, 0.3) is 0 Å². The highest BCUT2D eigenvalue weighted by atomic mass is 16.5. The van der Waals surface area contributed by atoms with Gasteiger partial charge in [0.25, 0.3) is 5.91 Å². The van der Waals surface area contributed by atoms with Crippen molar-refractivity contribution in [2.75, 3.05) is 31.6 Å². The lowest BCUT2D eigenvalue weighted by Gasteiger charge is -2.48. The van der Waals surface area contributed by atoms with Gasteiger partial charge >= 0.3 is 0 Å². The highest BCUT2D eigenvalue weighted by Gasteiger charge is 2.37. The number of methoxy groups -OCH3 is 1. The number of amides is 1. The molecule has 0 unspecified atom stereocenters. The fraction of sp³-hybridized carbons (Fsp3) is 0.500. The van der Waals surface area contributed by atoms with Crippen molar-refractivity contribution < 1.29 is 9.53 Å². The Labute approximate surface area is 162 Å². The number of hydrogen-bond donors (Lipinski definition) is 0. The maximum Gasteiger partial charge on any atom is 0.255 e. The van der Waals surface area contributed by atoms with Crippen molar-refractivity contribution in [3.63, 3.8) is 0 Å². The van der Waals surface area contributed by atoms with E-state index in [1.54, 1.807) is 7.11 Å². The van der Waals surface area contributed by atoms with E-state index in [-0.39, 0.29) is 17.0 Å². The second-order valence-corrected chi connectivity index (χ2v) is 8.84. The van der Waals surface area contributed by atoms with Crippen LogP contribution in [-0.4, -0.2) is 47.7 Å². The van der Waals surface area contributed by atoms with Crippen molar-refractivity contribution in [1.82, 2.24) is 9.47 Å². The summed E-state index contributed by atoms with van der Waals surface area (Å²) in [5, 5.41) is 0. The minimum absolute atomic E-state index is 0.0274. The Morgan fingerprint density at radius 2 is 1.81 bits per heavy atom. The summed E-state index contributed by atoms with van der Waals surface area (Å²) in [5.41, 5.74) is 1.62. The molecule has 0 saturated carbocycles. The summed E-state index contributed by atoms with van der Waals surface area (Å²) < 4.78 is 7.64. The lowest BCUT2D eigenvalue weighted by atomic mass is 9.97.